The molecule has 0 bridgehead atoms. The average Bonchev–Trinajstić information content (AvgIpc) is 2.91. The lowest BCUT2D eigenvalue weighted by Gasteiger charge is -2.13. The molecule has 0 saturated heterocycles. The summed E-state index contributed by atoms with van der Waals surface area (Å²) in [7, 11) is 0. The number of hydrogen-bond acceptors (Lipinski definition) is 4. The molecule has 126 valence electrons. The number of aromatic nitrogens is 2. The van der Waals surface area contributed by atoms with Gasteiger partial charge in [-0.1, -0.05) is 24.3 Å². The Kier molecular flexibility index (Phi) is 5.01. The van der Waals surface area contributed by atoms with Crippen LogP contribution in [0.4, 0.5) is 5.95 Å². The molecular formula is C19H23N3O2. The van der Waals surface area contributed by atoms with E-state index >= 15 is 0 Å². The predicted molar refractivity (Wildman–Crippen MR) is 96.6 cm³/mol. The van der Waals surface area contributed by atoms with Crippen molar-refractivity contribution in [2.24, 2.45) is 0 Å². The summed E-state index contributed by atoms with van der Waals surface area (Å²) in [5.74, 6) is 1.63. The first kappa shape index (κ1) is 16.3. The van der Waals surface area contributed by atoms with Crippen LogP contribution in [0.15, 0.2) is 48.5 Å². The molecule has 0 spiro atoms. The van der Waals surface area contributed by atoms with Crippen LogP contribution in [0.1, 0.15) is 12.5 Å². The molecule has 0 aliphatic rings. The monoisotopic (exact) mass is 325 g/mol. The SMILES string of the molecule is Cc1cccc(OCCn2c(NCC(C)O)nc3ccccc32)c1. The molecule has 1 atom stereocenters. The van der Waals surface area contributed by atoms with Crippen LogP contribution >= 0.6 is 0 Å². The van der Waals surface area contributed by atoms with Gasteiger partial charge in [-0.25, -0.2) is 4.98 Å². The van der Waals surface area contributed by atoms with Crippen LogP contribution in [0.2, 0.25) is 0 Å². The van der Waals surface area contributed by atoms with E-state index in [1.54, 1.807) is 6.92 Å². The highest BCUT2D eigenvalue weighted by molar-refractivity contribution is 5.78. The van der Waals surface area contributed by atoms with Crippen molar-refractivity contribution in [3.63, 3.8) is 0 Å². The van der Waals surface area contributed by atoms with Gasteiger partial charge in [-0.2, -0.15) is 0 Å². The number of imidazole rings is 1. The van der Waals surface area contributed by atoms with Crippen molar-refractivity contribution in [3.05, 3.63) is 54.1 Å². The van der Waals surface area contributed by atoms with E-state index in [-0.39, 0.29) is 0 Å². The van der Waals surface area contributed by atoms with E-state index in [2.05, 4.69) is 14.9 Å². The molecule has 1 aromatic heterocycles. The average molecular weight is 325 g/mol. The highest BCUT2D eigenvalue weighted by Crippen LogP contribution is 2.20. The Hall–Kier alpha value is -2.53. The first-order chi connectivity index (χ1) is 11.6. The number of hydrogen-bond donors (Lipinski definition) is 2. The second kappa shape index (κ2) is 7.36. The summed E-state index contributed by atoms with van der Waals surface area (Å²) in [5.41, 5.74) is 3.17. The summed E-state index contributed by atoms with van der Waals surface area (Å²) in [6.07, 6.45) is -0.429. The van der Waals surface area contributed by atoms with Gasteiger partial charge in [0.15, 0.2) is 0 Å². The standard InChI is InChI=1S/C19H23N3O2/c1-14-6-5-7-16(12-14)24-11-10-22-18-9-4-3-8-17(18)21-19(22)20-13-15(2)23/h3-9,12,15,23H,10-11,13H2,1-2H3,(H,20,21). The van der Waals surface area contributed by atoms with Gasteiger partial charge in [-0.15, -0.1) is 0 Å². The lowest BCUT2D eigenvalue weighted by atomic mass is 10.2. The third-order valence-electron chi connectivity index (χ3n) is 3.78. The van der Waals surface area contributed by atoms with Crippen LogP contribution < -0.4 is 10.1 Å². The number of nitrogens with one attached hydrogen (secondary N) is 1. The molecule has 0 amide bonds. The van der Waals surface area contributed by atoms with Crippen LogP contribution in [-0.4, -0.2) is 33.9 Å². The molecule has 5 heteroatoms. The fourth-order valence-corrected chi connectivity index (χ4v) is 2.64. The summed E-state index contributed by atoms with van der Waals surface area (Å²) in [6, 6.07) is 16.0. The number of fused-ring (bicyclic) bond motifs is 1. The van der Waals surface area contributed by atoms with Gasteiger partial charge < -0.3 is 19.7 Å². The second-order valence-electron chi connectivity index (χ2n) is 5.97. The summed E-state index contributed by atoms with van der Waals surface area (Å²) in [5, 5.41) is 12.7. The maximum Gasteiger partial charge on any atom is 0.204 e. The summed E-state index contributed by atoms with van der Waals surface area (Å²) >= 11 is 0. The van der Waals surface area contributed by atoms with Crippen LogP contribution in [0.3, 0.4) is 0 Å². The van der Waals surface area contributed by atoms with E-state index in [4.69, 9.17) is 4.74 Å². The van der Waals surface area contributed by atoms with Crippen LogP contribution in [0, 0.1) is 6.92 Å². The molecule has 0 aliphatic heterocycles. The fourth-order valence-electron chi connectivity index (χ4n) is 2.64. The van der Waals surface area contributed by atoms with E-state index < -0.39 is 6.10 Å². The zero-order chi connectivity index (χ0) is 16.9. The van der Waals surface area contributed by atoms with Gasteiger partial charge in [0.2, 0.25) is 5.95 Å². The molecule has 1 heterocycles. The lowest BCUT2D eigenvalue weighted by Crippen LogP contribution is -2.19. The van der Waals surface area contributed by atoms with Crippen molar-refractivity contribution in [3.8, 4) is 5.75 Å². The minimum absolute atomic E-state index is 0.429. The number of ether oxygens (including phenoxy) is 1. The molecule has 1 unspecified atom stereocenters. The van der Waals surface area contributed by atoms with Crippen LogP contribution in [0.25, 0.3) is 11.0 Å². The third-order valence-corrected chi connectivity index (χ3v) is 3.78. The van der Waals surface area contributed by atoms with Gasteiger partial charge in [0.25, 0.3) is 0 Å². The topological polar surface area (TPSA) is 59.3 Å². The van der Waals surface area contributed by atoms with E-state index in [1.807, 2.05) is 55.5 Å². The Morgan fingerprint density at radius 2 is 2.04 bits per heavy atom. The van der Waals surface area contributed by atoms with Crippen molar-refractivity contribution in [2.45, 2.75) is 26.5 Å². The van der Waals surface area contributed by atoms with Crippen molar-refractivity contribution in [2.75, 3.05) is 18.5 Å². The Morgan fingerprint density at radius 1 is 1.21 bits per heavy atom. The largest absolute Gasteiger partial charge is 0.492 e. The van der Waals surface area contributed by atoms with Gasteiger partial charge >= 0.3 is 0 Å². The molecule has 24 heavy (non-hydrogen) atoms. The third kappa shape index (κ3) is 3.86. The van der Waals surface area contributed by atoms with Gasteiger partial charge in [-0.3, -0.25) is 0 Å². The molecule has 3 aromatic rings. The molecule has 0 fully saturated rings. The zero-order valence-corrected chi connectivity index (χ0v) is 14.1. The Bertz CT molecular complexity index is 811. The molecule has 3 rings (SSSR count). The summed E-state index contributed by atoms with van der Waals surface area (Å²) in [4.78, 5) is 4.61. The van der Waals surface area contributed by atoms with E-state index in [1.165, 1.54) is 5.56 Å². The minimum Gasteiger partial charge on any atom is -0.492 e. The first-order valence-electron chi connectivity index (χ1n) is 8.20. The highest BCUT2D eigenvalue weighted by atomic mass is 16.5. The maximum absolute atomic E-state index is 9.51. The molecule has 0 radical (unpaired) electrons. The number of aliphatic hydroxyl groups excluding tert-OH is 1. The summed E-state index contributed by atoms with van der Waals surface area (Å²) in [6.45, 7) is 5.49. The number of anilines is 1. The normalized spacial score (nSPS) is 12.3. The lowest BCUT2D eigenvalue weighted by molar-refractivity contribution is 0.208. The Morgan fingerprint density at radius 3 is 2.83 bits per heavy atom. The minimum atomic E-state index is -0.429. The quantitative estimate of drug-likeness (QED) is 0.700. The Balaban J connectivity index is 1.75. The first-order valence-corrected chi connectivity index (χ1v) is 8.20. The number of para-hydroxylation sites is 2. The van der Waals surface area contributed by atoms with E-state index in [9.17, 15) is 5.11 Å². The number of aliphatic hydroxyl groups is 1. The maximum atomic E-state index is 9.51. The Labute approximate surface area is 141 Å². The molecule has 2 N–H and O–H groups in total. The van der Waals surface area contributed by atoms with Crippen LogP contribution in [-0.2, 0) is 6.54 Å². The van der Waals surface area contributed by atoms with Gasteiger partial charge in [0.1, 0.15) is 12.4 Å². The van der Waals surface area contributed by atoms with Gasteiger partial charge in [0.05, 0.1) is 23.7 Å². The van der Waals surface area contributed by atoms with Crippen molar-refractivity contribution >= 4 is 17.0 Å². The number of nitrogens with zero attached hydrogens (tertiary/aromatic N) is 2. The van der Waals surface area contributed by atoms with E-state index in [0.717, 1.165) is 22.7 Å². The summed E-state index contributed by atoms with van der Waals surface area (Å²) < 4.78 is 7.95. The highest BCUT2D eigenvalue weighted by Gasteiger charge is 2.10. The van der Waals surface area contributed by atoms with Crippen molar-refractivity contribution < 1.29 is 9.84 Å². The van der Waals surface area contributed by atoms with Gasteiger partial charge in [0, 0.05) is 6.54 Å². The molecular weight excluding hydrogens is 302 g/mol. The second-order valence-corrected chi connectivity index (χ2v) is 5.97. The number of rotatable bonds is 7. The smallest absolute Gasteiger partial charge is 0.204 e. The molecule has 0 aliphatic carbocycles. The molecule has 5 nitrogen and oxygen atoms in total. The fraction of sp³-hybridized carbons (Fsp3) is 0.316. The van der Waals surface area contributed by atoms with E-state index in [0.29, 0.717) is 19.7 Å². The molecule has 0 saturated carbocycles. The van der Waals surface area contributed by atoms with Crippen molar-refractivity contribution in [1.29, 1.82) is 0 Å². The van der Waals surface area contributed by atoms with Crippen LogP contribution in [0.5, 0.6) is 5.75 Å². The van der Waals surface area contributed by atoms with Gasteiger partial charge in [-0.05, 0) is 43.7 Å². The predicted octanol–water partition coefficient (Wildman–Crippen LogP) is 3.22. The zero-order valence-electron chi connectivity index (χ0n) is 14.1. The number of aryl methyl sites for hydroxylation is 1. The number of benzene rings is 2. The van der Waals surface area contributed by atoms with Crippen molar-refractivity contribution in [1.82, 2.24) is 9.55 Å². The molecule has 2 aromatic carbocycles.